The van der Waals surface area contributed by atoms with Crippen LogP contribution in [-0.2, 0) is 5.41 Å². The van der Waals surface area contributed by atoms with Crippen molar-refractivity contribution in [3.8, 4) is 0 Å². The van der Waals surface area contributed by atoms with Gasteiger partial charge in [0.05, 0.1) is 15.9 Å². The molecule has 3 aliphatic heterocycles. The first kappa shape index (κ1) is 26.0. The molecule has 3 saturated heterocycles. The molecule has 6 heteroatoms. The Bertz CT molecular complexity index is 1480. The van der Waals surface area contributed by atoms with Gasteiger partial charge in [-0.25, -0.2) is 4.98 Å². The second kappa shape index (κ2) is 10.5. The predicted molar refractivity (Wildman–Crippen MR) is 163 cm³/mol. The summed E-state index contributed by atoms with van der Waals surface area (Å²) in [5.41, 5.74) is 5.11. The molecule has 2 aromatic heterocycles. The van der Waals surface area contributed by atoms with Crippen LogP contribution in [0.3, 0.4) is 0 Å². The Labute approximate surface area is 241 Å². The third kappa shape index (κ3) is 4.50. The van der Waals surface area contributed by atoms with E-state index in [2.05, 4.69) is 88.9 Å². The van der Waals surface area contributed by atoms with E-state index in [1.54, 1.807) is 11.3 Å². The first-order chi connectivity index (χ1) is 19.5. The van der Waals surface area contributed by atoms with Crippen molar-refractivity contribution in [2.45, 2.75) is 82.3 Å². The number of carbonyl (C=O) groups excluding carboxylic acids is 1. The second-order valence-corrected chi connectivity index (χ2v) is 13.3. The molecule has 2 aromatic carbocycles. The molecule has 1 unspecified atom stereocenters. The molecule has 40 heavy (non-hydrogen) atoms. The lowest BCUT2D eigenvalue weighted by atomic mass is 9.70. The van der Waals surface area contributed by atoms with Crippen molar-refractivity contribution in [2.24, 2.45) is 0 Å². The molecular formula is C34H40N4OS. The van der Waals surface area contributed by atoms with E-state index in [0.29, 0.717) is 18.1 Å². The minimum absolute atomic E-state index is 0.135. The first-order valence-electron chi connectivity index (χ1n) is 15.1. The number of para-hydroxylation sites is 2. The van der Waals surface area contributed by atoms with Crippen LogP contribution in [0.25, 0.3) is 11.0 Å². The molecule has 1 amide bonds. The van der Waals surface area contributed by atoms with Gasteiger partial charge in [0.15, 0.2) is 0 Å². The Kier molecular flexibility index (Phi) is 6.79. The van der Waals surface area contributed by atoms with Gasteiger partial charge in [0.1, 0.15) is 5.82 Å². The van der Waals surface area contributed by atoms with E-state index in [1.807, 2.05) is 5.38 Å². The molecule has 3 fully saturated rings. The van der Waals surface area contributed by atoms with Crippen molar-refractivity contribution < 1.29 is 4.79 Å². The SMILES string of the molecule is Cc1ccsc1C(=O)N1CCC(CCN2[C@@H]3CC[C@H]2CC(n2c(C)nc4ccccc42)C3)(c2ccccc2)CC1. The van der Waals surface area contributed by atoms with Crippen LogP contribution in [0.5, 0.6) is 0 Å². The minimum atomic E-state index is 0.135. The van der Waals surface area contributed by atoms with E-state index in [0.717, 1.165) is 54.3 Å². The zero-order chi connectivity index (χ0) is 27.3. The van der Waals surface area contributed by atoms with E-state index in [-0.39, 0.29) is 11.3 Å². The van der Waals surface area contributed by atoms with Crippen molar-refractivity contribution in [3.05, 3.63) is 87.9 Å². The van der Waals surface area contributed by atoms with Crippen LogP contribution in [-0.4, -0.2) is 57.0 Å². The number of fused-ring (bicyclic) bond motifs is 3. The smallest absolute Gasteiger partial charge is 0.264 e. The van der Waals surface area contributed by atoms with E-state index in [9.17, 15) is 4.79 Å². The number of nitrogens with zero attached hydrogens (tertiary/aromatic N) is 4. The van der Waals surface area contributed by atoms with Crippen LogP contribution in [0.2, 0.25) is 0 Å². The van der Waals surface area contributed by atoms with Gasteiger partial charge in [0, 0.05) is 31.2 Å². The number of amides is 1. The number of aryl methyl sites for hydroxylation is 2. The first-order valence-corrected chi connectivity index (χ1v) is 16.0. The number of thiophene rings is 1. The number of aromatic nitrogens is 2. The second-order valence-electron chi connectivity index (χ2n) is 12.4. The van der Waals surface area contributed by atoms with Crippen molar-refractivity contribution in [3.63, 3.8) is 0 Å². The summed E-state index contributed by atoms with van der Waals surface area (Å²) < 4.78 is 2.53. The molecule has 0 radical (unpaired) electrons. The normalized spacial score (nSPS) is 24.6. The van der Waals surface area contributed by atoms with Crippen LogP contribution in [0.1, 0.15) is 77.6 Å². The fourth-order valence-electron chi connectivity index (χ4n) is 8.14. The van der Waals surface area contributed by atoms with E-state index >= 15 is 0 Å². The summed E-state index contributed by atoms with van der Waals surface area (Å²) in [6.45, 7) is 7.06. The molecule has 2 bridgehead atoms. The average Bonchev–Trinajstić information content (AvgIpc) is 3.63. The highest BCUT2D eigenvalue weighted by atomic mass is 32.1. The number of imidazole rings is 1. The topological polar surface area (TPSA) is 41.4 Å². The van der Waals surface area contributed by atoms with Crippen molar-refractivity contribution >= 4 is 28.3 Å². The van der Waals surface area contributed by atoms with Gasteiger partial charge in [0.2, 0.25) is 0 Å². The quantitative estimate of drug-likeness (QED) is 0.255. The molecular weight excluding hydrogens is 512 g/mol. The lowest BCUT2D eigenvalue weighted by molar-refractivity contribution is 0.0610. The van der Waals surface area contributed by atoms with Crippen LogP contribution in [0, 0.1) is 13.8 Å². The number of hydrogen-bond donors (Lipinski definition) is 0. The van der Waals surface area contributed by atoms with Gasteiger partial charge in [-0.15, -0.1) is 11.3 Å². The molecule has 0 spiro atoms. The van der Waals surface area contributed by atoms with Crippen LogP contribution >= 0.6 is 11.3 Å². The van der Waals surface area contributed by atoms with Gasteiger partial charge in [-0.1, -0.05) is 42.5 Å². The molecule has 5 nitrogen and oxygen atoms in total. The molecule has 3 atom stereocenters. The summed E-state index contributed by atoms with van der Waals surface area (Å²) in [6.07, 6.45) is 8.32. The number of benzene rings is 2. The Morgan fingerprint density at radius 3 is 2.33 bits per heavy atom. The molecule has 0 N–H and O–H groups in total. The van der Waals surface area contributed by atoms with Crippen LogP contribution in [0.4, 0.5) is 0 Å². The zero-order valence-corrected chi connectivity index (χ0v) is 24.6. The third-order valence-corrected chi connectivity index (χ3v) is 11.3. The predicted octanol–water partition coefficient (Wildman–Crippen LogP) is 7.15. The zero-order valence-electron chi connectivity index (χ0n) is 23.8. The fourth-order valence-corrected chi connectivity index (χ4v) is 9.03. The highest BCUT2D eigenvalue weighted by molar-refractivity contribution is 7.12. The van der Waals surface area contributed by atoms with Gasteiger partial charge in [-0.3, -0.25) is 9.69 Å². The summed E-state index contributed by atoms with van der Waals surface area (Å²) in [6, 6.07) is 23.7. The highest BCUT2D eigenvalue weighted by Gasteiger charge is 2.44. The maximum atomic E-state index is 13.3. The van der Waals surface area contributed by atoms with Crippen molar-refractivity contribution in [2.75, 3.05) is 19.6 Å². The van der Waals surface area contributed by atoms with Crippen molar-refractivity contribution in [1.29, 1.82) is 0 Å². The largest absolute Gasteiger partial charge is 0.338 e. The third-order valence-electron chi connectivity index (χ3n) is 10.3. The summed E-state index contributed by atoms with van der Waals surface area (Å²) in [5, 5.41) is 2.04. The number of hydrogen-bond acceptors (Lipinski definition) is 4. The minimum Gasteiger partial charge on any atom is -0.338 e. The van der Waals surface area contributed by atoms with E-state index < -0.39 is 0 Å². The van der Waals surface area contributed by atoms with Crippen molar-refractivity contribution in [1.82, 2.24) is 19.4 Å². The number of likely N-dealkylation sites (tertiary alicyclic amines) is 1. The molecule has 4 aromatic rings. The lowest BCUT2D eigenvalue weighted by Gasteiger charge is -2.45. The van der Waals surface area contributed by atoms with Gasteiger partial charge in [0.25, 0.3) is 5.91 Å². The highest BCUT2D eigenvalue weighted by Crippen LogP contribution is 2.45. The molecule has 3 aliphatic rings. The number of piperidine rings is 2. The number of rotatable bonds is 6. The summed E-state index contributed by atoms with van der Waals surface area (Å²) in [7, 11) is 0. The van der Waals surface area contributed by atoms with Crippen LogP contribution < -0.4 is 0 Å². The molecule has 0 saturated carbocycles. The van der Waals surface area contributed by atoms with E-state index in [1.165, 1.54) is 43.2 Å². The standard InChI is InChI=1S/C34H40N4OS/c1-24-14-21-40-32(24)33(39)36-18-15-34(16-19-36,26-8-4-3-5-9-26)17-20-37-27-12-13-28(37)23-29(22-27)38-25(2)35-30-10-6-7-11-31(30)38/h3-11,14,21,27-29H,12-13,15-20,22-23H2,1-2H3/t27-,28+,29?. The molecule has 0 aliphatic carbocycles. The Balaban J connectivity index is 1.07. The Morgan fingerprint density at radius 1 is 0.925 bits per heavy atom. The van der Waals surface area contributed by atoms with Gasteiger partial charge in [-0.2, -0.15) is 0 Å². The van der Waals surface area contributed by atoms with E-state index in [4.69, 9.17) is 4.98 Å². The van der Waals surface area contributed by atoms with Crippen LogP contribution in [0.15, 0.2) is 66.0 Å². The lowest BCUT2D eigenvalue weighted by Crippen LogP contribution is -2.49. The molecule has 7 rings (SSSR count). The van der Waals surface area contributed by atoms with Gasteiger partial charge in [-0.05, 0) is 105 Å². The van der Waals surface area contributed by atoms with Gasteiger partial charge < -0.3 is 9.47 Å². The summed E-state index contributed by atoms with van der Waals surface area (Å²) in [5.74, 6) is 1.37. The Hall–Kier alpha value is -2.96. The molecule has 5 heterocycles. The van der Waals surface area contributed by atoms with Gasteiger partial charge >= 0.3 is 0 Å². The number of carbonyl (C=O) groups is 1. The monoisotopic (exact) mass is 552 g/mol. The fraction of sp³-hybridized carbons (Fsp3) is 0.471. The summed E-state index contributed by atoms with van der Waals surface area (Å²) >= 11 is 1.58. The average molecular weight is 553 g/mol. The maximum absolute atomic E-state index is 13.3. The molecule has 208 valence electrons. The summed E-state index contributed by atoms with van der Waals surface area (Å²) in [4.78, 5) is 24.0. The Morgan fingerprint density at radius 2 is 1.62 bits per heavy atom. The maximum Gasteiger partial charge on any atom is 0.264 e.